The van der Waals surface area contributed by atoms with E-state index in [1.54, 1.807) is 24.3 Å². The number of halogens is 1. The number of carbonyl (C=O) groups excluding carboxylic acids is 1. The van der Waals surface area contributed by atoms with Gasteiger partial charge in [0.15, 0.2) is 0 Å². The molecule has 2 aromatic rings. The minimum Gasteiger partial charge on any atom is -0.384 e. The van der Waals surface area contributed by atoms with E-state index in [2.05, 4.69) is 51.0 Å². The number of nitrogens with zero attached hydrogens (tertiary/aromatic N) is 3. The molecule has 0 saturated carbocycles. The second-order valence-corrected chi connectivity index (χ2v) is 7.36. The Morgan fingerprint density at radius 1 is 1.20 bits per heavy atom. The van der Waals surface area contributed by atoms with Crippen molar-refractivity contribution >= 4 is 27.5 Å². The summed E-state index contributed by atoms with van der Waals surface area (Å²) in [4.78, 5) is 14.6. The van der Waals surface area contributed by atoms with Crippen LogP contribution in [0.3, 0.4) is 0 Å². The lowest BCUT2D eigenvalue weighted by Crippen LogP contribution is -2.33. The van der Waals surface area contributed by atoms with Crippen LogP contribution in [0.25, 0.3) is 5.70 Å². The molecule has 0 aliphatic carbocycles. The summed E-state index contributed by atoms with van der Waals surface area (Å²) in [6.45, 7) is 6.19. The highest BCUT2D eigenvalue weighted by molar-refractivity contribution is 9.09. The third kappa shape index (κ3) is 6.64. The number of allylic oxidation sites excluding steroid dienone is 3. The predicted octanol–water partition coefficient (Wildman–Crippen LogP) is 5.03. The van der Waals surface area contributed by atoms with Crippen molar-refractivity contribution in [1.29, 1.82) is 5.26 Å². The highest BCUT2D eigenvalue weighted by atomic mass is 79.9. The number of hydrogen-bond donors (Lipinski definition) is 1. The van der Waals surface area contributed by atoms with Gasteiger partial charge in [0.2, 0.25) is 0 Å². The SMILES string of the molecule is CC/C=C(NCCCN(CC)C(=O)c1ccc(C#N)cc1)\C(=C/CBr)n1cccc1. The van der Waals surface area contributed by atoms with Crippen molar-refractivity contribution in [3.63, 3.8) is 0 Å². The van der Waals surface area contributed by atoms with E-state index >= 15 is 0 Å². The number of alkyl halides is 1. The number of aromatic nitrogens is 1. The monoisotopic (exact) mass is 468 g/mol. The van der Waals surface area contributed by atoms with Gasteiger partial charge in [0.05, 0.1) is 23.0 Å². The van der Waals surface area contributed by atoms with Gasteiger partial charge in [-0.2, -0.15) is 5.26 Å². The lowest BCUT2D eigenvalue weighted by molar-refractivity contribution is 0.0763. The first kappa shape index (κ1) is 23.5. The molecule has 0 saturated heterocycles. The van der Waals surface area contributed by atoms with Crippen LogP contribution in [0.2, 0.25) is 0 Å². The molecular weight excluding hydrogens is 440 g/mol. The smallest absolute Gasteiger partial charge is 0.253 e. The topological polar surface area (TPSA) is 61.1 Å². The van der Waals surface area contributed by atoms with Crippen LogP contribution < -0.4 is 5.32 Å². The van der Waals surface area contributed by atoms with Gasteiger partial charge in [-0.15, -0.1) is 0 Å². The molecule has 6 heteroatoms. The zero-order valence-electron chi connectivity index (χ0n) is 17.6. The summed E-state index contributed by atoms with van der Waals surface area (Å²) < 4.78 is 2.10. The van der Waals surface area contributed by atoms with Gasteiger partial charge in [-0.3, -0.25) is 4.79 Å². The van der Waals surface area contributed by atoms with Gasteiger partial charge < -0.3 is 14.8 Å². The molecule has 0 aliphatic heterocycles. The van der Waals surface area contributed by atoms with Crippen LogP contribution in [-0.4, -0.2) is 40.3 Å². The summed E-state index contributed by atoms with van der Waals surface area (Å²) in [7, 11) is 0. The number of nitriles is 1. The maximum absolute atomic E-state index is 12.7. The number of rotatable bonds is 11. The molecule has 2 rings (SSSR count). The van der Waals surface area contributed by atoms with E-state index in [-0.39, 0.29) is 5.91 Å². The Morgan fingerprint density at radius 3 is 2.47 bits per heavy atom. The normalized spacial score (nSPS) is 11.8. The van der Waals surface area contributed by atoms with Crippen LogP contribution >= 0.6 is 15.9 Å². The zero-order valence-corrected chi connectivity index (χ0v) is 19.2. The molecule has 5 nitrogen and oxygen atoms in total. The molecule has 1 N–H and O–H groups in total. The van der Waals surface area contributed by atoms with E-state index in [9.17, 15) is 4.79 Å². The minimum atomic E-state index is -0.00136. The fraction of sp³-hybridized carbons (Fsp3) is 0.333. The van der Waals surface area contributed by atoms with E-state index in [0.717, 1.165) is 36.1 Å². The summed E-state index contributed by atoms with van der Waals surface area (Å²) in [5.74, 6) is -0.00136. The van der Waals surface area contributed by atoms with Crippen LogP contribution in [0.5, 0.6) is 0 Å². The van der Waals surface area contributed by atoms with E-state index in [4.69, 9.17) is 5.26 Å². The number of hydrogen-bond acceptors (Lipinski definition) is 3. The van der Waals surface area contributed by atoms with E-state index in [1.807, 2.05) is 36.4 Å². The van der Waals surface area contributed by atoms with E-state index in [1.165, 1.54) is 0 Å². The molecule has 1 amide bonds. The maximum Gasteiger partial charge on any atom is 0.253 e. The average molecular weight is 469 g/mol. The molecule has 30 heavy (non-hydrogen) atoms. The van der Waals surface area contributed by atoms with Gasteiger partial charge >= 0.3 is 0 Å². The fourth-order valence-corrected chi connectivity index (χ4v) is 3.47. The maximum atomic E-state index is 12.7. The lowest BCUT2D eigenvalue weighted by Gasteiger charge is -2.22. The first-order valence-electron chi connectivity index (χ1n) is 10.3. The molecule has 1 aromatic heterocycles. The molecule has 1 aromatic carbocycles. The Bertz CT molecular complexity index is 892. The highest BCUT2D eigenvalue weighted by Gasteiger charge is 2.14. The van der Waals surface area contributed by atoms with Gasteiger partial charge in [0.1, 0.15) is 0 Å². The second-order valence-electron chi connectivity index (χ2n) is 6.71. The first-order valence-corrected chi connectivity index (χ1v) is 11.4. The number of carbonyl (C=O) groups is 1. The van der Waals surface area contributed by atoms with Crippen molar-refractivity contribution < 1.29 is 4.79 Å². The van der Waals surface area contributed by atoms with Crippen LogP contribution in [-0.2, 0) is 0 Å². The molecule has 0 bridgehead atoms. The molecule has 0 aliphatic rings. The van der Waals surface area contributed by atoms with Gasteiger partial charge in [0.25, 0.3) is 5.91 Å². The van der Waals surface area contributed by atoms with Crippen molar-refractivity contribution in [2.75, 3.05) is 25.0 Å². The number of benzene rings is 1. The van der Waals surface area contributed by atoms with Crippen LogP contribution in [0, 0.1) is 11.3 Å². The zero-order chi connectivity index (χ0) is 21.8. The van der Waals surface area contributed by atoms with Gasteiger partial charge in [-0.25, -0.2) is 0 Å². The third-order valence-corrected chi connectivity index (χ3v) is 5.01. The summed E-state index contributed by atoms with van der Waals surface area (Å²) in [5.41, 5.74) is 3.38. The van der Waals surface area contributed by atoms with E-state index < -0.39 is 0 Å². The summed E-state index contributed by atoms with van der Waals surface area (Å²) in [6.07, 6.45) is 10.2. The van der Waals surface area contributed by atoms with Crippen molar-refractivity contribution in [3.05, 3.63) is 77.8 Å². The molecule has 0 radical (unpaired) electrons. The van der Waals surface area contributed by atoms with Crippen LogP contribution in [0.1, 0.15) is 42.6 Å². The fourth-order valence-electron chi connectivity index (χ4n) is 3.16. The van der Waals surface area contributed by atoms with Gasteiger partial charge in [0, 0.05) is 42.9 Å². The van der Waals surface area contributed by atoms with Crippen LogP contribution in [0.15, 0.2) is 66.6 Å². The Kier molecular flexibility index (Phi) is 9.96. The molecule has 0 unspecified atom stereocenters. The quantitative estimate of drug-likeness (QED) is 0.285. The molecule has 0 spiro atoms. The Labute approximate surface area is 187 Å². The van der Waals surface area contributed by atoms with Crippen LogP contribution in [0.4, 0.5) is 0 Å². The number of amides is 1. The number of nitrogens with one attached hydrogen (secondary N) is 1. The standard InChI is InChI=1S/C24H29BrN4O/c1-3-8-22(23(13-14-25)29-16-5-6-17-29)27-15-7-18-28(4-2)24(30)21-11-9-20(19-26)10-12-21/h5-6,8-13,16-17,27H,3-4,7,14-15,18H2,1-2H3/b22-8+,23-13+. The van der Waals surface area contributed by atoms with Gasteiger partial charge in [-0.05, 0) is 62.2 Å². The lowest BCUT2D eigenvalue weighted by atomic mass is 10.1. The highest BCUT2D eigenvalue weighted by Crippen LogP contribution is 2.16. The summed E-state index contributed by atoms with van der Waals surface area (Å²) >= 11 is 3.51. The van der Waals surface area contributed by atoms with Crippen molar-refractivity contribution in [3.8, 4) is 6.07 Å². The predicted molar refractivity (Wildman–Crippen MR) is 126 cm³/mol. The second kappa shape index (κ2) is 12.7. The largest absolute Gasteiger partial charge is 0.384 e. The molecule has 0 atom stereocenters. The van der Waals surface area contributed by atoms with Crippen molar-refractivity contribution in [1.82, 2.24) is 14.8 Å². The molecule has 158 valence electrons. The summed E-state index contributed by atoms with van der Waals surface area (Å²) in [6, 6.07) is 12.9. The average Bonchev–Trinajstić information content (AvgIpc) is 3.31. The Morgan fingerprint density at radius 2 is 1.90 bits per heavy atom. The summed E-state index contributed by atoms with van der Waals surface area (Å²) in [5, 5.41) is 13.2. The molecule has 0 fully saturated rings. The third-order valence-electron chi connectivity index (χ3n) is 4.69. The first-order chi connectivity index (χ1) is 14.6. The van der Waals surface area contributed by atoms with Crippen molar-refractivity contribution in [2.45, 2.75) is 26.7 Å². The van der Waals surface area contributed by atoms with E-state index in [0.29, 0.717) is 24.2 Å². The van der Waals surface area contributed by atoms with Crippen molar-refractivity contribution in [2.24, 2.45) is 0 Å². The Hall–Kier alpha value is -2.78. The van der Waals surface area contributed by atoms with Gasteiger partial charge in [-0.1, -0.05) is 28.9 Å². The molecular formula is C24H29BrN4O. The molecule has 1 heterocycles. The minimum absolute atomic E-state index is 0.00136. The Balaban J connectivity index is 1.96.